The molecule has 0 aliphatic carbocycles. The van der Waals surface area contributed by atoms with Gasteiger partial charge in [-0.1, -0.05) is 6.92 Å². The van der Waals surface area contributed by atoms with Crippen LogP contribution in [0.4, 0.5) is 0 Å². The van der Waals surface area contributed by atoms with Crippen LogP contribution in [0, 0.1) is 0 Å². The molecule has 3 nitrogen and oxygen atoms in total. The van der Waals surface area contributed by atoms with Crippen molar-refractivity contribution in [1.29, 1.82) is 0 Å². The summed E-state index contributed by atoms with van der Waals surface area (Å²) in [6, 6.07) is 0.727. The minimum atomic E-state index is 0.727. The molecule has 90 valence electrons. The van der Waals surface area contributed by atoms with E-state index >= 15 is 0 Å². The third-order valence-electron chi connectivity index (χ3n) is 3.33. The van der Waals surface area contributed by atoms with Crippen molar-refractivity contribution in [3.05, 3.63) is 0 Å². The smallest absolute Gasteiger partial charge is 0.0480 e. The molecule has 1 unspecified atom stereocenters. The molecule has 0 spiro atoms. The molecule has 1 aliphatic rings. The summed E-state index contributed by atoms with van der Waals surface area (Å²) in [5.41, 5.74) is 0. The van der Waals surface area contributed by atoms with Gasteiger partial charge in [-0.2, -0.15) is 0 Å². The molecule has 0 aromatic rings. The molecular weight excluding hydrogens is 188 g/mol. The van der Waals surface area contributed by atoms with Crippen LogP contribution in [-0.4, -0.2) is 62.3 Å². The van der Waals surface area contributed by atoms with Crippen molar-refractivity contribution in [2.24, 2.45) is 0 Å². The van der Waals surface area contributed by atoms with Gasteiger partial charge < -0.3 is 9.64 Å². The summed E-state index contributed by atoms with van der Waals surface area (Å²) in [5.74, 6) is 0. The highest BCUT2D eigenvalue weighted by Gasteiger charge is 2.20. The third-order valence-corrected chi connectivity index (χ3v) is 3.33. The number of hydrogen-bond acceptors (Lipinski definition) is 3. The summed E-state index contributed by atoms with van der Waals surface area (Å²) in [7, 11) is 2.21. The topological polar surface area (TPSA) is 15.7 Å². The lowest BCUT2D eigenvalue weighted by Gasteiger charge is -2.37. The second-order valence-electron chi connectivity index (χ2n) is 4.39. The van der Waals surface area contributed by atoms with Crippen molar-refractivity contribution in [2.75, 3.05) is 46.4 Å². The van der Waals surface area contributed by atoms with E-state index < -0.39 is 0 Å². The van der Waals surface area contributed by atoms with Gasteiger partial charge in [0.1, 0.15) is 0 Å². The van der Waals surface area contributed by atoms with Crippen molar-refractivity contribution < 1.29 is 4.74 Å². The number of likely N-dealkylation sites (N-methyl/N-ethyl adjacent to an activating group) is 1. The molecule has 0 radical (unpaired) electrons. The van der Waals surface area contributed by atoms with Gasteiger partial charge in [-0.25, -0.2) is 0 Å². The van der Waals surface area contributed by atoms with Crippen LogP contribution >= 0.6 is 0 Å². The van der Waals surface area contributed by atoms with E-state index in [0.717, 1.165) is 19.3 Å². The minimum absolute atomic E-state index is 0.727. The Bertz CT molecular complexity index is 156. The molecule has 3 heteroatoms. The third kappa shape index (κ3) is 4.49. The Balaban J connectivity index is 2.24. The molecule has 1 heterocycles. The van der Waals surface area contributed by atoms with Gasteiger partial charge in [-0.15, -0.1) is 0 Å². The van der Waals surface area contributed by atoms with E-state index in [9.17, 15) is 0 Å². The van der Waals surface area contributed by atoms with Crippen LogP contribution in [0.2, 0.25) is 0 Å². The van der Waals surface area contributed by atoms with Crippen LogP contribution in [-0.2, 0) is 4.74 Å². The zero-order valence-corrected chi connectivity index (χ0v) is 10.5. The average molecular weight is 214 g/mol. The van der Waals surface area contributed by atoms with Crippen molar-refractivity contribution >= 4 is 0 Å². The fraction of sp³-hybridized carbons (Fsp3) is 1.00. The van der Waals surface area contributed by atoms with Crippen LogP contribution in [0.3, 0.4) is 0 Å². The van der Waals surface area contributed by atoms with E-state index in [1.54, 1.807) is 0 Å². The summed E-state index contributed by atoms with van der Waals surface area (Å²) in [4.78, 5) is 5.03. The molecule has 15 heavy (non-hydrogen) atoms. The molecule has 0 N–H and O–H groups in total. The highest BCUT2D eigenvalue weighted by Crippen LogP contribution is 2.11. The van der Waals surface area contributed by atoms with Gasteiger partial charge in [0.15, 0.2) is 0 Å². The number of nitrogens with zero attached hydrogens (tertiary/aromatic N) is 2. The maximum atomic E-state index is 5.44. The van der Waals surface area contributed by atoms with Crippen molar-refractivity contribution in [1.82, 2.24) is 9.80 Å². The SMILES string of the molecule is CCOCCC(CC)N1CCN(C)CC1. The zero-order valence-electron chi connectivity index (χ0n) is 10.5. The monoisotopic (exact) mass is 214 g/mol. The Labute approximate surface area is 94.4 Å². The molecule has 0 amide bonds. The van der Waals surface area contributed by atoms with Gasteiger partial charge in [-0.3, -0.25) is 4.90 Å². The van der Waals surface area contributed by atoms with Crippen LogP contribution in [0.15, 0.2) is 0 Å². The number of piperazine rings is 1. The Kier molecular flexibility index (Phi) is 6.22. The van der Waals surface area contributed by atoms with Gasteiger partial charge in [-0.05, 0) is 26.8 Å². The molecule has 0 bridgehead atoms. The van der Waals surface area contributed by atoms with E-state index in [4.69, 9.17) is 4.74 Å². The largest absolute Gasteiger partial charge is 0.382 e. The normalized spacial score (nSPS) is 21.8. The van der Waals surface area contributed by atoms with Gasteiger partial charge in [0.2, 0.25) is 0 Å². The molecule has 1 rings (SSSR count). The molecule has 1 saturated heterocycles. The van der Waals surface area contributed by atoms with E-state index in [1.807, 2.05) is 0 Å². The summed E-state index contributed by atoms with van der Waals surface area (Å²) in [5, 5.41) is 0. The van der Waals surface area contributed by atoms with Crippen LogP contribution < -0.4 is 0 Å². The van der Waals surface area contributed by atoms with E-state index in [2.05, 4.69) is 30.7 Å². The van der Waals surface area contributed by atoms with Crippen molar-refractivity contribution in [3.63, 3.8) is 0 Å². The fourth-order valence-electron chi connectivity index (χ4n) is 2.20. The predicted molar refractivity (Wildman–Crippen MR) is 64.3 cm³/mol. The zero-order chi connectivity index (χ0) is 11.1. The Morgan fingerprint density at radius 2 is 1.80 bits per heavy atom. The minimum Gasteiger partial charge on any atom is -0.382 e. The van der Waals surface area contributed by atoms with E-state index in [-0.39, 0.29) is 0 Å². The van der Waals surface area contributed by atoms with Crippen molar-refractivity contribution in [2.45, 2.75) is 32.7 Å². The van der Waals surface area contributed by atoms with Gasteiger partial charge >= 0.3 is 0 Å². The lowest BCUT2D eigenvalue weighted by atomic mass is 10.1. The summed E-state index contributed by atoms with van der Waals surface area (Å²) in [6.07, 6.45) is 2.44. The highest BCUT2D eigenvalue weighted by molar-refractivity contribution is 4.76. The van der Waals surface area contributed by atoms with E-state index in [0.29, 0.717) is 0 Å². The van der Waals surface area contributed by atoms with Gasteiger partial charge in [0.05, 0.1) is 0 Å². The molecule has 1 atom stereocenters. The number of hydrogen-bond donors (Lipinski definition) is 0. The lowest BCUT2D eigenvalue weighted by molar-refractivity contribution is 0.0737. The Morgan fingerprint density at radius 1 is 1.13 bits per heavy atom. The van der Waals surface area contributed by atoms with Gasteiger partial charge in [0, 0.05) is 45.4 Å². The summed E-state index contributed by atoms with van der Waals surface area (Å²) in [6.45, 7) is 11.0. The number of rotatable bonds is 6. The van der Waals surface area contributed by atoms with Crippen LogP contribution in [0.1, 0.15) is 26.7 Å². The van der Waals surface area contributed by atoms with Gasteiger partial charge in [0.25, 0.3) is 0 Å². The molecule has 1 fully saturated rings. The Hall–Kier alpha value is -0.120. The first-order valence-electron chi connectivity index (χ1n) is 6.28. The van der Waals surface area contributed by atoms with Crippen LogP contribution in [0.25, 0.3) is 0 Å². The lowest BCUT2D eigenvalue weighted by Crippen LogP contribution is -2.49. The maximum absolute atomic E-state index is 5.44. The molecule has 0 aromatic heterocycles. The molecule has 0 aromatic carbocycles. The number of ether oxygens (including phenoxy) is 1. The quantitative estimate of drug-likeness (QED) is 0.622. The molecule has 0 saturated carbocycles. The second kappa shape index (κ2) is 7.20. The standard InChI is InChI=1S/C12H26N2O/c1-4-12(6-11-15-5-2)14-9-7-13(3)8-10-14/h12H,4-11H2,1-3H3. The van der Waals surface area contributed by atoms with Crippen LogP contribution in [0.5, 0.6) is 0 Å². The molecular formula is C12H26N2O. The summed E-state index contributed by atoms with van der Waals surface area (Å²) >= 11 is 0. The highest BCUT2D eigenvalue weighted by atomic mass is 16.5. The predicted octanol–water partition coefficient (Wildman–Crippen LogP) is 1.44. The first kappa shape index (κ1) is 12.9. The molecule has 1 aliphatic heterocycles. The van der Waals surface area contributed by atoms with Crippen molar-refractivity contribution in [3.8, 4) is 0 Å². The maximum Gasteiger partial charge on any atom is 0.0480 e. The average Bonchev–Trinajstić information content (AvgIpc) is 2.26. The Morgan fingerprint density at radius 3 is 2.33 bits per heavy atom. The first-order valence-corrected chi connectivity index (χ1v) is 6.28. The second-order valence-corrected chi connectivity index (χ2v) is 4.39. The fourth-order valence-corrected chi connectivity index (χ4v) is 2.20. The van der Waals surface area contributed by atoms with E-state index in [1.165, 1.54) is 39.0 Å². The summed E-state index contributed by atoms with van der Waals surface area (Å²) < 4.78 is 5.44. The first-order chi connectivity index (χ1) is 7.27.